The molecule has 1 aromatic carbocycles. The highest BCUT2D eigenvalue weighted by molar-refractivity contribution is 5.79. The van der Waals surface area contributed by atoms with Crippen LogP contribution in [0, 0.1) is 12.8 Å². The Morgan fingerprint density at radius 3 is 2.54 bits per heavy atom. The SMILES string of the molecule is Cc1ccc2nc(C(F)F)n(-c3cc(N4CCOC[C@H]4C)nc(NCC4CCN(C(=O)OC(C)(C)C)CC4)n3)c2c1. The van der Waals surface area contributed by atoms with Gasteiger partial charge in [-0.2, -0.15) is 9.97 Å². The van der Waals surface area contributed by atoms with Gasteiger partial charge in [-0.15, -0.1) is 0 Å². The number of aromatic nitrogens is 4. The molecule has 1 amide bonds. The lowest BCUT2D eigenvalue weighted by Crippen LogP contribution is -2.44. The number of amides is 1. The number of benzene rings is 1. The van der Waals surface area contributed by atoms with Crippen molar-refractivity contribution >= 4 is 28.9 Å². The van der Waals surface area contributed by atoms with Crippen molar-refractivity contribution in [2.24, 2.45) is 5.92 Å². The highest BCUT2D eigenvalue weighted by atomic mass is 19.3. The molecule has 2 saturated heterocycles. The van der Waals surface area contributed by atoms with Crippen molar-refractivity contribution in [3.05, 3.63) is 35.7 Å². The maximum atomic E-state index is 14.2. The minimum Gasteiger partial charge on any atom is -0.444 e. The molecule has 1 atom stereocenters. The molecule has 5 rings (SSSR count). The third-order valence-corrected chi connectivity index (χ3v) is 7.44. The molecule has 0 spiro atoms. The summed E-state index contributed by atoms with van der Waals surface area (Å²) in [7, 11) is 0. The Bertz CT molecular complexity index is 1380. The fourth-order valence-electron chi connectivity index (χ4n) is 5.30. The second-order valence-corrected chi connectivity index (χ2v) is 11.9. The molecule has 0 radical (unpaired) electrons. The van der Waals surface area contributed by atoms with Gasteiger partial charge in [0.2, 0.25) is 5.95 Å². The number of hydrogen-bond donors (Lipinski definition) is 1. The summed E-state index contributed by atoms with van der Waals surface area (Å²) in [6, 6.07) is 7.27. The van der Waals surface area contributed by atoms with Crippen LogP contribution in [0.3, 0.4) is 0 Å². The predicted molar refractivity (Wildman–Crippen MR) is 153 cm³/mol. The van der Waals surface area contributed by atoms with E-state index >= 15 is 0 Å². The second-order valence-electron chi connectivity index (χ2n) is 11.9. The van der Waals surface area contributed by atoms with Crippen LogP contribution in [0.4, 0.5) is 25.3 Å². The maximum Gasteiger partial charge on any atom is 0.410 e. The van der Waals surface area contributed by atoms with Crippen LogP contribution in [0.2, 0.25) is 0 Å². The number of carbonyl (C=O) groups excluding carboxylic acids is 1. The zero-order valence-corrected chi connectivity index (χ0v) is 24.4. The molecule has 3 aromatic rings. The summed E-state index contributed by atoms with van der Waals surface area (Å²) in [4.78, 5) is 30.1. The lowest BCUT2D eigenvalue weighted by Gasteiger charge is -2.35. The number of fused-ring (bicyclic) bond motifs is 1. The number of nitrogens with zero attached hydrogens (tertiary/aromatic N) is 6. The van der Waals surface area contributed by atoms with Crippen LogP contribution >= 0.6 is 0 Å². The zero-order valence-electron chi connectivity index (χ0n) is 24.4. The molecule has 0 aliphatic carbocycles. The third-order valence-electron chi connectivity index (χ3n) is 7.44. The number of halogens is 2. The van der Waals surface area contributed by atoms with Crippen molar-refractivity contribution in [2.75, 3.05) is 49.6 Å². The first-order valence-electron chi connectivity index (χ1n) is 14.2. The Kier molecular flexibility index (Phi) is 8.30. The summed E-state index contributed by atoms with van der Waals surface area (Å²) in [6.45, 7) is 13.1. The van der Waals surface area contributed by atoms with Crippen LogP contribution in [-0.4, -0.2) is 81.5 Å². The number of aryl methyl sites for hydroxylation is 1. The smallest absolute Gasteiger partial charge is 0.410 e. The number of morpholine rings is 1. The molecule has 12 heteroatoms. The van der Waals surface area contributed by atoms with Crippen molar-refractivity contribution < 1.29 is 23.0 Å². The summed E-state index contributed by atoms with van der Waals surface area (Å²) >= 11 is 0. The second kappa shape index (κ2) is 11.8. The standard InChI is InChI=1S/C29H39F2N7O3/c1-18-6-7-21-22(14-18)38(26(33-21)25(30)31)24-15-23(37-12-13-40-17-19(37)2)34-27(35-24)32-16-20-8-10-36(11-9-20)28(39)41-29(3,4)5/h6-7,14-15,19-20,25H,8-13,16-17H2,1-5H3,(H,32,34,35)/t19-/m1/s1. The number of ether oxygens (including phenoxy) is 2. The van der Waals surface area contributed by atoms with Crippen LogP contribution in [0.1, 0.15) is 58.3 Å². The molecule has 2 aliphatic rings. The highest BCUT2D eigenvalue weighted by Gasteiger charge is 2.28. The summed E-state index contributed by atoms with van der Waals surface area (Å²) < 4.78 is 41.0. The Morgan fingerprint density at radius 1 is 1.12 bits per heavy atom. The number of nitrogens with one attached hydrogen (secondary N) is 1. The van der Waals surface area contributed by atoms with E-state index < -0.39 is 12.0 Å². The number of hydrogen-bond acceptors (Lipinski definition) is 8. The van der Waals surface area contributed by atoms with Crippen LogP contribution in [0.5, 0.6) is 0 Å². The van der Waals surface area contributed by atoms with E-state index in [1.165, 1.54) is 4.57 Å². The van der Waals surface area contributed by atoms with Crippen molar-refractivity contribution in [1.29, 1.82) is 0 Å². The molecule has 2 fully saturated rings. The molecule has 10 nitrogen and oxygen atoms in total. The largest absolute Gasteiger partial charge is 0.444 e. The van der Waals surface area contributed by atoms with Gasteiger partial charge < -0.3 is 24.6 Å². The summed E-state index contributed by atoms with van der Waals surface area (Å²) in [5, 5.41) is 3.37. The predicted octanol–water partition coefficient (Wildman–Crippen LogP) is 5.35. The van der Waals surface area contributed by atoms with Gasteiger partial charge in [-0.1, -0.05) is 6.07 Å². The lowest BCUT2D eigenvalue weighted by molar-refractivity contribution is 0.0188. The quantitative estimate of drug-likeness (QED) is 0.423. The van der Waals surface area contributed by atoms with Gasteiger partial charge in [-0.05, 0) is 71.1 Å². The molecular weight excluding hydrogens is 532 g/mol. The third kappa shape index (κ3) is 6.69. The first-order valence-corrected chi connectivity index (χ1v) is 14.2. The van der Waals surface area contributed by atoms with Crippen molar-refractivity contribution in [2.45, 2.75) is 65.5 Å². The Labute approximate surface area is 239 Å². The van der Waals surface area contributed by atoms with Crippen molar-refractivity contribution in [3.8, 4) is 5.82 Å². The average molecular weight is 572 g/mol. The topological polar surface area (TPSA) is 97.6 Å². The number of anilines is 2. The fourth-order valence-corrected chi connectivity index (χ4v) is 5.30. The first kappa shape index (κ1) is 29.0. The monoisotopic (exact) mass is 571 g/mol. The minimum atomic E-state index is -2.78. The Morgan fingerprint density at radius 2 is 1.85 bits per heavy atom. The van der Waals surface area contributed by atoms with E-state index in [0.29, 0.717) is 73.9 Å². The summed E-state index contributed by atoms with van der Waals surface area (Å²) in [5.74, 6) is 1.27. The normalized spacial score (nSPS) is 18.8. The van der Waals surface area contributed by atoms with Crippen molar-refractivity contribution in [1.82, 2.24) is 24.4 Å². The molecule has 2 aliphatic heterocycles. The maximum absolute atomic E-state index is 14.2. The number of rotatable bonds is 6. The van der Waals surface area contributed by atoms with E-state index in [-0.39, 0.29) is 18.0 Å². The Hall–Kier alpha value is -3.54. The van der Waals surface area contributed by atoms with Crippen molar-refractivity contribution in [3.63, 3.8) is 0 Å². The Balaban J connectivity index is 1.41. The molecular formula is C29H39F2N7O3. The lowest BCUT2D eigenvalue weighted by atomic mass is 9.97. The van der Waals surface area contributed by atoms with Gasteiger partial charge in [-0.25, -0.2) is 18.6 Å². The van der Waals surface area contributed by atoms with Gasteiger partial charge in [-0.3, -0.25) is 4.57 Å². The van der Waals surface area contributed by atoms with E-state index in [9.17, 15) is 13.6 Å². The molecule has 0 unspecified atom stereocenters. The molecule has 41 heavy (non-hydrogen) atoms. The molecule has 0 saturated carbocycles. The minimum absolute atomic E-state index is 0.0628. The van der Waals surface area contributed by atoms with Crippen LogP contribution in [0.15, 0.2) is 24.3 Å². The number of piperidine rings is 1. The zero-order chi connectivity index (χ0) is 29.3. The number of imidazole rings is 1. The van der Waals surface area contributed by atoms with Crippen LogP contribution in [0.25, 0.3) is 16.9 Å². The van der Waals surface area contributed by atoms with Gasteiger partial charge in [0, 0.05) is 32.2 Å². The van der Waals surface area contributed by atoms with Gasteiger partial charge in [0.1, 0.15) is 17.2 Å². The summed E-state index contributed by atoms with van der Waals surface area (Å²) in [6.07, 6.45) is -1.46. The van der Waals surface area contributed by atoms with Crippen LogP contribution in [-0.2, 0) is 9.47 Å². The molecule has 1 N–H and O–H groups in total. The molecule has 4 heterocycles. The molecule has 2 aromatic heterocycles. The van der Waals surface area contributed by atoms with Gasteiger partial charge in [0.15, 0.2) is 5.82 Å². The average Bonchev–Trinajstić information content (AvgIpc) is 3.30. The van der Waals surface area contributed by atoms with Gasteiger partial charge >= 0.3 is 6.09 Å². The molecule has 0 bridgehead atoms. The molecule has 222 valence electrons. The van der Waals surface area contributed by atoms with E-state index in [1.54, 1.807) is 17.0 Å². The number of likely N-dealkylation sites (tertiary alicyclic amines) is 1. The van der Waals surface area contributed by atoms with E-state index in [4.69, 9.17) is 19.4 Å². The van der Waals surface area contributed by atoms with Gasteiger partial charge in [0.05, 0.1) is 30.3 Å². The summed E-state index contributed by atoms with van der Waals surface area (Å²) in [5.41, 5.74) is 1.46. The van der Waals surface area contributed by atoms with E-state index in [2.05, 4.69) is 15.2 Å². The first-order chi connectivity index (χ1) is 19.5. The fraction of sp³-hybridized carbons (Fsp3) is 0.586. The van der Waals surface area contributed by atoms with E-state index in [0.717, 1.165) is 18.4 Å². The highest BCUT2D eigenvalue weighted by Crippen LogP contribution is 2.31. The van der Waals surface area contributed by atoms with Gasteiger partial charge in [0.25, 0.3) is 6.43 Å². The van der Waals surface area contributed by atoms with Crippen LogP contribution < -0.4 is 10.2 Å². The van der Waals surface area contributed by atoms with E-state index in [1.807, 2.05) is 46.8 Å². The number of carbonyl (C=O) groups is 1. The number of alkyl halides is 2.